The van der Waals surface area contributed by atoms with Crippen LogP contribution in [0.4, 0.5) is 0 Å². The standard InChI is InChI=1S/C30H52O4/c1-3-5-7-9-11-13-15-17-19-21-23-25-27(31)26(29(33)30(34)28(25)32)24-22-20-18-16-14-12-10-8-6-4-2/h32-33H,3-24H2,1-2H3. The van der Waals surface area contributed by atoms with Crippen molar-refractivity contribution in [1.82, 2.24) is 0 Å². The first-order chi connectivity index (χ1) is 16.5. The van der Waals surface area contributed by atoms with Crippen molar-refractivity contribution < 1.29 is 19.8 Å². The molecule has 4 heteroatoms. The van der Waals surface area contributed by atoms with E-state index < -0.39 is 17.3 Å². The fourth-order valence-corrected chi connectivity index (χ4v) is 4.83. The normalized spacial score (nSPS) is 14.5. The molecule has 0 amide bonds. The van der Waals surface area contributed by atoms with Crippen LogP contribution in [0.25, 0.3) is 0 Å². The van der Waals surface area contributed by atoms with E-state index in [1.807, 2.05) is 0 Å². The van der Waals surface area contributed by atoms with Gasteiger partial charge in [0.15, 0.2) is 17.3 Å². The summed E-state index contributed by atoms with van der Waals surface area (Å²) in [6.45, 7) is 4.46. The summed E-state index contributed by atoms with van der Waals surface area (Å²) in [5.74, 6) is -2.17. The number of hydrogen-bond acceptors (Lipinski definition) is 4. The molecule has 1 rings (SSSR count). The predicted octanol–water partition coefficient (Wildman–Crippen LogP) is 9.38. The van der Waals surface area contributed by atoms with Crippen LogP contribution in [-0.2, 0) is 9.59 Å². The van der Waals surface area contributed by atoms with E-state index in [9.17, 15) is 19.8 Å². The maximum absolute atomic E-state index is 12.9. The second kappa shape index (κ2) is 19.7. The molecule has 0 saturated heterocycles. The van der Waals surface area contributed by atoms with Gasteiger partial charge in [0.2, 0.25) is 0 Å². The molecule has 1 aliphatic carbocycles. The molecule has 0 unspecified atom stereocenters. The van der Waals surface area contributed by atoms with E-state index in [4.69, 9.17) is 0 Å². The minimum atomic E-state index is -0.774. The lowest BCUT2D eigenvalue weighted by Crippen LogP contribution is -2.24. The van der Waals surface area contributed by atoms with Gasteiger partial charge in [-0.05, 0) is 25.7 Å². The molecule has 0 heterocycles. The molecule has 34 heavy (non-hydrogen) atoms. The molecule has 0 spiro atoms. The molecule has 2 N–H and O–H groups in total. The van der Waals surface area contributed by atoms with Crippen molar-refractivity contribution in [3.8, 4) is 0 Å². The average Bonchev–Trinajstić information content (AvgIpc) is 2.83. The van der Waals surface area contributed by atoms with E-state index >= 15 is 0 Å². The first-order valence-electron chi connectivity index (χ1n) is 14.5. The number of aliphatic hydroxyl groups excluding tert-OH is 2. The van der Waals surface area contributed by atoms with Gasteiger partial charge in [0.05, 0.1) is 0 Å². The summed E-state index contributed by atoms with van der Waals surface area (Å²) in [7, 11) is 0. The third kappa shape index (κ3) is 12.2. The predicted molar refractivity (Wildman–Crippen MR) is 142 cm³/mol. The van der Waals surface area contributed by atoms with Crippen LogP contribution in [0.5, 0.6) is 0 Å². The van der Waals surface area contributed by atoms with Crippen LogP contribution in [0.1, 0.15) is 155 Å². The highest BCUT2D eigenvalue weighted by Crippen LogP contribution is 2.29. The lowest BCUT2D eigenvalue weighted by Gasteiger charge is -2.18. The number of Topliss-reactive ketones (excluding diaryl/α,β-unsaturated/α-hetero) is 2. The summed E-state index contributed by atoms with van der Waals surface area (Å²) in [5, 5.41) is 20.4. The molecular weight excluding hydrogens is 424 g/mol. The van der Waals surface area contributed by atoms with Crippen molar-refractivity contribution in [2.75, 3.05) is 0 Å². The number of aliphatic hydroxyl groups is 2. The fraction of sp³-hybridized carbons (Fsp3) is 0.800. The van der Waals surface area contributed by atoms with E-state index in [0.717, 1.165) is 38.5 Å². The van der Waals surface area contributed by atoms with Crippen LogP contribution in [0, 0.1) is 0 Å². The van der Waals surface area contributed by atoms with Crippen molar-refractivity contribution in [3.05, 3.63) is 22.7 Å². The Morgan fingerprint density at radius 3 is 0.971 bits per heavy atom. The van der Waals surface area contributed by atoms with Gasteiger partial charge in [-0.25, -0.2) is 0 Å². The first-order valence-corrected chi connectivity index (χ1v) is 14.5. The second-order valence-corrected chi connectivity index (χ2v) is 10.2. The Morgan fingerprint density at radius 2 is 0.676 bits per heavy atom. The van der Waals surface area contributed by atoms with E-state index in [1.165, 1.54) is 89.9 Å². The number of unbranched alkanes of at least 4 members (excludes halogenated alkanes) is 18. The summed E-state index contributed by atoms with van der Waals surface area (Å²) in [6, 6.07) is 0. The van der Waals surface area contributed by atoms with Gasteiger partial charge in [-0.3, -0.25) is 9.59 Å². The van der Waals surface area contributed by atoms with Crippen molar-refractivity contribution in [2.24, 2.45) is 0 Å². The Kier molecular flexibility index (Phi) is 17.6. The van der Waals surface area contributed by atoms with Gasteiger partial charge in [0.25, 0.3) is 5.78 Å². The highest BCUT2D eigenvalue weighted by molar-refractivity contribution is 6.23. The van der Waals surface area contributed by atoms with Gasteiger partial charge in [0.1, 0.15) is 0 Å². The Hall–Kier alpha value is -1.58. The first kappa shape index (κ1) is 30.5. The Labute approximate surface area is 209 Å². The van der Waals surface area contributed by atoms with Crippen molar-refractivity contribution >= 4 is 11.6 Å². The van der Waals surface area contributed by atoms with E-state index in [2.05, 4.69) is 13.8 Å². The number of hydrogen-bond donors (Lipinski definition) is 2. The monoisotopic (exact) mass is 476 g/mol. The molecule has 0 aliphatic heterocycles. The fourth-order valence-electron chi connectivity index (χ4n) is 4.83. The topological polar surface area (TPSA) is 74.6 Å². The summed E-state index contributed by atoms with van der Waals surface area (Å²) in [6.07, 6.45) is 24.7. The molecule has 1 aliphatic rings. The molecule has 4 nitrogen and oxygen atoms in total. The van der Waals surface area contributed by atoms with Crippen LogP contribution >= 0.6 is 0 Å². The molecule has 0 fully saturated rings. The minimum absolute atomic E-state index is 0.212. The number of carbonyl (C=O) groups is 2. The zero-order valence-electron chi connectivity index (χ0n) is 22.3. The molecule has 0 radical (unpaired) electrons. The van der Waals surface area contributed by atoms with Crippen LogP contribution < -0.4 is 0 Å². The lowest BCUT2D eigenvalue weighted by molar-refractivity contribution is -0.120. The van der Waals surface area contributed by atoms with Crippen LogP contribution in [0.3, 0.4) is 0 Å². The van der Waals surface area contributed by atoms with Gasteiger partial charge < -0.3 is 10.2 Å². The molecular formula is C30H52O4. The molecule has 0 atom stereocenters. The molecule has 196 valence electrons. The highest BCUT2D eigenvalue weighted by Gasteiger charge is 2.33. The molecule has 0 bridgehead atoms. The quantitative estimate of drug-likeness (QED) is 0.120. The number of ketones is 2. The number of rotatable bonds is 22. The van der Waals surface area contributed by atoms with Crippen LogP contribution in [0.15, 0.2) is 22.7 Å². The van der Waals surface area contributed by atoms with Gasteiger partial charge >= 0.3 is 0 Å². The summed E-state index contributed by atoms with van der Waals surface area (Å²) >= 11 is 0. The highest BCUT2D eigenvalue weighted by atomic mass is 16.3. The number of allylic oxidation sites excluding steroid dienone is 2. The number of carbonyl (C=O) groups excluding carboxylic acids is 2. The summed E-state index contributed by atoms with van der Waals surface area (Å²) in [4.78, 5) is 25.2. The molecule has 0 aromatic heterocycles. The van der Waals surface area contributed by atoms with E-state index in [1.54, 1.807) is 0 Å². The smallest absolute Gasteiger partial charge is 0.262 e. The third-order valence-electron chi connectivity index (χ3n) is 7.11. The molecule has 0 aromatic carbocycles. The van der Waals surface area contributed by atoms with Crippen molar-refractivity contribution in [1.29, 1.82) is 0 Å². The van der Waals surface area contributed by atoms with E-state index in [0.29, 0.717) is 12.8 Å². The maximum Gasteiger partial charge on any atom is 0.262 e. The van der Waals surface area contributed by atoms with Gasteiger partial charge in [-0.15, -0.1) is 0 Å². The maximum atomic E-state index is 12.9. The largest absolute Gasteiger partial charge is 0.504 e. The zero-order valence-corrected chi connectivity index (χ0v) is 22.3. The van der Waals surface area contributed by atoms with Crippen LogP contribution in [-0.4, -0.2) is 21.8 Å². The van der Waals surface area contributed by atoms with E-state index in [-0.39, 0.29) is 16.9 Å². The minimum Gasteiger partial charge on any atom is -0.504 e. The molecule has 0 aromatic rings. The summed E-state index contributed by atoms with van der Waals surface area (Å²) in [5.41, 5.74) is 0.425. The Bertz CT molecular complexity index is 592. The van der Waals surface area contributed by atoms with Gasteiger partial charge in [-0.1, -0.05) is 129 Å². The zero-order chi connectivity index (χ0) is 25.0. The lowest BCUT2D eigenvalue weighted by atomic mass is 9.87. The second-order valence-electron chi connectivity index (χ2n) is 10.2. The third-order valence-corrected chi connectivity index (χ3v) is 7.11. The Balaban J connectivity index is 2.27. The SMILES string of the molecule is CCCCCCCCCCCCC1=C(O)C(=O)C(O)=C(CCCCCCCCCCCC)C1=O. The van der Waals surface area contributed by atoms with Gasteiger partial charge in [0, 0.05) is 11.1 Å². The van der Waals surface area contributed by atoms with Crippen molar-refractivity contribution in [2.45, 2.75) is 155 Å². The van der Waals surface area contributed by atoms with Crippen molar-refractivity contribution in [3.63, 3.8) is 0 Å². The Morgan fingerprint density at radius 1 is 0.412 bits per heavy atom. The molecule has 0 saturated carbocycles. The average molecular weight is 477 g/mol. The van der Waals surface area contributed by atoms with Crippen LogP contribution in [0.2, 0.25) is 0 Å². The van der Waals surface area contributed by atoms with Gasteiger partial charge in [-0.2, -0.15) is 0 Å². The summed E-state index contributed by atoms with van der Waals surface area (Å²) < 4.78 is 0.